The summed E-state index contributed by atoms with van der Waals surface area (Å²) in [6.07, 6.45) is 3.38. The molecule has 1 heterocycles. The van der Waals surface area contributed by atoms with Crippen LogP contribution in [0.5, 0.6) is 0 Å². The van der Waals surface area contributed by atoms with Crippen LogP contribution in [0.2, 0.25) is 10.0 Å². The molecule has 0 saturated heterocycles. The van der Waals surface area contributed by atoms with E-state index in [-0.39, 0.29) is 22.3 Å². The van der Waals surface area contributed by atoms with Crippen LogP contribution in [0.3, 0.4) is 0 Å². The molecule has 0 fully saturated rings. The number of hydrogen-bond donors (Lipinski definition) is 1. The molecule has 0 atom stereocenters. The topological polar surface area (TPSA) is 71.5 Å². The summed E-state index contributed by atoms with van der Waals surface area (Å²) >= 11 is 17.6. The van der Waals surface area contributed by atoms with Gasteiger partial charge in [-0.05, 0) is 73.2 Å². The molecule has 1 amide bonds. The zero-order chi connectivity index (χ0) is 23.1. The second-order valence-electron chi connectivity index (χ2n) is 6.60. The maximum atomic E-state index is 12.8. The van der Waals surface area contributed by atoms with Gasteiger partial charge in [0.15, 0.2) is 5.11 Å². The molecule has 3 aromatic rings. The van der Waals surface area contributed by atoms with Crippen molar-refractivity contribution in [3.63, 3.8) is 0 Å². The zero-order valence-electron chi connectivity index (χ0n) is 17.0. The highest BCUT2D eigenvalue weighted by Gasteiger charge is 2.19. The Kier molecular flexibility index (Phi) is 8.16. The van der Waals surface area contributed by atoms with Gasteiger partial charge in [-0.15, -0.1) is 0 Å². The smallest absolute Gasteiger partial charge is 0.338 e. The predicted molar refractivity (Wildman–Crippen MR) is 129 cm³/mol. The van der Waals surface area contributed by atoms with Crippen LogP contribution < -0.4 is 10.2 Å². The van der Waals surface area contributed by atoms with Gasteiger partial charge >= 0.3 is 5.97 Å². The number of aromatic nitrogens is 1. The third-order valence-electron chi connectivity index (χ3n) is 4.39. The molecule has 2 aromatic carbocycles. The number of nitrogens with zero attached hydrogens (tertiary/aromatic N) is 2. The molecule has 3 rings (SSSR count). The van der Waals surface area contributed by atoms with E-state index in [0.29, 0.717) is 22.8 Å². The largest absolute Gasteiger partial charge is 0.462 e. The first-order chi connectivity index (χ1) is 15.4. The number of rotatable bonds is 6. The van der Waals surface area contributed by atoms with Crippen molar-refractivity contribution in [2.75, 3.05) is 11.5 Å². The third kappa shape index (κ3) is 6.03. The number of ether oxygens (including phenoxy) is 1. The van der Waals surface area contributed by atoms with Gasteiger partial charge in [0, 0.05) is 23.1 Å². The van der Waals surface area contributed by atoms with E-state index in [1.54, 1.807) is 54.5 Å². The van der Waals surface area contributed by atoms with Crippen molar-refractivity contribution in [3.05, 3.63) is 93.7 Å². The van der Waals surface area contributed by atoms with E-state index in [1.807, 2.05) is 12.1 Å². The first kappa shape index (κ1) is 23.7. The minimum atomic E-state index is -0.462. The Morgan fingerprint density at radius 1 is 1.12 bits per heavy atom. The first-order valence-electron chi connectivity index (χ1n) is 9.63. The maximum Gasteiger partial charge on any atom is 0.338 e. The number of carbonyl (C=O) groups is 2. The van der Waals surface area contributed by atoms with Crippen molar-refractivity contribution < 1.29 is 14.3 Å². The van der Waals surface area contributed by atoms with E-state index < -0.39 is 11.9 Å². The third-order valence-corrected chi connectivity index (χ3v) is 5.27. The van der Waals surface area contributed by atoms with Gasteiger partial charge in [-0.3, -0.25) is 15.1 Å². The van der Waals surface area contributed by atoms with Crippen molar-refractivity contribution in [2.24, 2.45) is 0 Å². The lowest BCUT2D eigenvalue weighted by Gasteiger charge is -2.26. The van der Waals surface area contributed by atoms with Crippen LogP contribution in [0.15, 0.2) is 67.0 Å². The molecule has 0 spiro atoms. The molecule has 6 nitrogen and oxygen atoms in total. The zero-order valence-corrected chi connectivity index (χ0v) is 19.4. The Morgan fingerprint density at radius 3 is 2.50 bits per heavy atom. The standard InChI is InChI=1S/C23H19Cl2N3O3S/c1-2-31-22(30)16-5-8-18(9-6-16)28(14-15-4-3-11-26-13-15)23(32)27-21(29)19-10-7-17(24)12-20(19)25/h3-13H,2,14H2,1H3,(H,27,29,32). The van der Waals surface area contributed by atoms with Gasteiger partial charge in [-0.25, -0.2) is 4.79 Å². The summed E-state index contributed by atoms with van der Waals surface area (Å²) in [5.41, 5.74) is 2.22. The number of nitrogens with one attached hydrogen (secondary N) is 1. The Balaban J connectivity index is 1.86. The van der Waals surface area contributed by atoms with E-state index in [2.05, 4.69) is 10.3 Å². The SMILES string of the molecule is CCOC(=O)c1ccc(N(Cc2cccnc2)C(=S)NC(=O)c2ccc(Cl)cc2Cl)cc1. The van der Waals surface area contributed by atoms with Gasteiger partial charge in [0.1, 0.15) is 0 Å². The Morgan fingerprint density at radius 2 is 1.88 bits per heavy atom. The molecule has 32 heavy (non-hydrogen) atoms. The molecule has 0 aliphatic heterocycles. The van der Waals surface area contributed by atoms with Gasteiger partial charge in [-0.1, -0.05) is 29.3 Å². The number of hydrogen-bond acceptors (Lipinski definition) is 5. The summed E-state index contributed by atoms with van der Waals surface area (Å²) in [7, 11) is 0. The summed E-state index contributed by atoms with van der Waals surface area (Å²) < 4.78 is 5.03. The highest BCUT2D eigenvalue weighted by Crippen LogP contribution is 2.22. The lowest BCUT2D eigenvalue weighted by molar-refractivity contribution is 0.0526. The second-order valence-corrected chi connectivity index (χ2v) is 7.83. The van der Waals surface area contributed by atoms with Crippen LogP contribution in [-0.2, 0) is 11.3 Å². The van der Waals surface area contributed by atoms with Crippen LogP contribution in [0.4, 0.5) is 5.69 Å². The average molecular weight is 488 g/mol. The highest BCUT2D eigenvalue weighted by molar-refractivity contribution is 7.80. The number of amides is 1. The molecule has 0 saturated carbocycles. The lowest BCUT2D eigenvalue weighted by atomic mass is 10.2. The van der Waals surface area contributed by atoms with E-state index in [1.165, 1.54) is 12.1 Å². The number of benzene rings is 2. The second kappa shape index (κ2) is 11.0. The van der Waals surface area contributed by atoms with Crippen LogP contribution in [0.1, 0.15) is 33.2 Å². The fourth-order valence-corrected chi connectivity index (χ4v) is 3.61. The molecule has 0 unspecified atom stereocenters. The number of anilines is 1. The van der Waals surface area contributed by atoms with Gasteiger partial charge in [0.25, 0.3) is 5.91 Å². The Hall–Kier alpha value is -3.00. The summed E-state index contributed by atoms with van der Waals surface area (Å²) in [5, 5.41) is 3.52. The molecule has 164 valence electrons. The minimum absolute atomic E-state index is 0.161. The number of esters is 1. The van der Waals surface area contributed by atoms with E-state index in [0.717, 1.165) is 5.56 Å². The molecule has 0 aliphatic carbocycles. The average Bonchev–Trinajstić information content (AvgIpc) is 2.78. The van der Waals surface area contributed by atoms with E-state index >= 15 is 0 Å². The molecule has 0 aliphatic rings. The van der Waals surface area contributed by atoms with E-state index in [9.17, 15) is 9.59 Å². The molecule has 0 bridgehead atoms. The van der Waals surface area contributed by atoms with Crippen LogP contribution in [0.25, 0.3) is 0 Å². The van der Waals surface area contributed by atoms with Crippen molar-refractivity contribution in [1.82, 2.24) is 10.3 Å². The number of thiocarbonyl (C=S) groups is 1. The van der Waals surface area contributed by atoms with Crippen molar-refractivity contribution in [1.29, 1.82) is 0 Å². The maximum absolute atomic E-state index is 12.8. The van der Waals surface area contributed by atoms with Gasteiger partial charge in [0.05, 0.1) is 29.3 Å². The first-order valence-corrected chi connectivity index (χ1v) is 10.8. The molecule has 9 heteroatoms. The fraction of sp³-hybridized carbons (Fsp3) is 0.130. The van der Waals surface area contributed by atoms with Gasteiger partial charge in [-0.2, -0.15) is 0 Å². The highest BCUT2D eigenvalue weighted by atomic mass is 35.5. The van der Waals surface area contributed by atoms with Crippen molar-refractivity contribution >= 4 is 58.1 Å². The Labute approximate surface area is 201 Å². The predicted octanol–water partition coefficient (Wildman–Crippen LogP) is 5.29. The van der Waals surface area contributed by atoms with Gasteiger partial charge < -0.3 is 9.64 Å². The van der Waals surface area contributed by atoms with Crippen LogP contribution in [0, 0.1) is 0 Å². The summed E-state index contributed by atoms with van der Waals surface area (Å²) in [5.74, 6) is -0.873. The summed E-state index contributed by atoms with van der Waals surface area (Å²) in [6, 6.07) is 15.1. The normalized spacial score (nSPS) is 10.3. The van der Waals surface area contributed by atoms with Crippen molar-refractivity contribution in [2.45, 2.75) is 13.5 Å². The molecule has 1 aromatic heterocycles. The van der Waals surface area contributed by atoms with Crippen LogP contribution in [-0.4, -0.2) is 28.6 Å². The summed E-state index contributed by atoms with van der Waals surface area (Å²) in [4.78, 5) is 30.6. The number of halogens is 2. The monoisotopic (exact) mass is 487 g/mol. The van der Waals surface area contributed by atoms with Gasteiger partial charge in [0.2, 0.25) is 0 Å². The van der Waals surface area contributed by atoms with Crippen molar-refractivity contribution in [3.8, 4) is 0 Å². The molecule has 0 radical (unpaired) electrons. The van der Waals surface area contributed by atoms with E-state index in [4.69, 9.17) is 40.2 Å². The minimum Gasteiger partial charge on any atom is -0.462 e. The lowest BCUT2D eigenvalue weighted by Crippen LogP contribution is -2.42. The Bertz CT molecular complexity index is 1130. The number of carbonyl (C=O) groups excluding carboxylic acids is 2. The molecular weight excluding hydrogens is 469 g/mol. The summed E-state index contributed by atoms with van der Waals surface area (Å²) in [6.45, 7) is 2.38. The fourth-order valence-electron chi connectivity index (χ4n) is 2.85. The number of pyridine rings is 1. The quantitative estimate of drug-likeness (QED) is 0.376. The molecule has 1 N–H and O–H groups in total. The molecular formula is C23H19Cl2N3O3S. The van der Waals surface area contributed by atoms with Crippen LogP contribution >= 0.6 is 35.4 Å².